The molecule has 19 heteroatoms. The SMILES string of the molecule is C=C1C(=O)N(c2cc(C)c(C)c(OC)c2)[C@H]1c1ccc(C)c(O)c1.C=C1C(=O)N(c2cc(C)c(C)c(OC)c2)[C@H]1c1ccc(C)c(OS(=O)(=O)c2ccc(NC(C)=O)cc2)c1.CC(=O)Nc1ccc(OS(=O)Cl)cc1. The molecule has 2 aliphatic heterocycles. The van der Waals surface area contributed by atoms with Crippen molar-refractivity contribution in [2.24, 2.45) is 0 Å². The number of β-lactam (4-membered cyclic amide) rings is 2. The standard InChI is InChI=1S/C28H28N2O6S.C20H21NO3.C8H8ClNO3S/c1-16-7-8-21(14-25(16)36-37(33,34)24-11-9-22(10-12-24)29-20(5)31)27-19(4)28(32)30(27)23-13-17(2)18(3)26(15-23)35-6;1-11-6-7-15(9-17(11)22)19-14(4)20(23)21(19)16-8-12(2)13(3)18(10-16)24-5;1-6(11)10-7-2-4-8(5-3-7)13-14(9)12/h7-15,27H,4H2,1-3,5-6H3,(H,29,31);6-10,19,22H,4H2,1-3,5H3;2-5H,1H3,(H,10,11)/t27-;19-;/m11./s1. The molecule has 6 aromatic carbocycles. The van der Waals surface area contributed by atoms with E-state index in [0.29, 0.717) is 50.8 Å². The molecule has 8 rings (SSSR count). The second-order valence-electron chi connectivity index (χ2n) is 17.7. The summed E-state index contributed by atoms with van der Waals surface area (Å²) in [6.45, 7) is 22.1. The largest absolute Gasteiger partial charge is 0.508 e. The summed E-state index contributed by atoms with van der Waals surface area (Å²) in [4.78, 5) is 50.4. The van der Waals surface area contributed by atoms with Crippen molar-refractivity contribution in [2.45, 2.75) is 72.4 Å². The molecule has 6 aromatic rings. The molecule has 0 bridgehead atoms. The number of aryl methyl sites for hydroxylation is 4. The second kappa shape index (κ2) is 23.5. The minimum absolute atomic E-state index is 0.0570. The lowest BCUT2D eigenvalue weighted by Gasteiger charge is -2.43. The molecule has 2 heterocycles. The van der Waals surface area contributed by atoms with E-state index < -0.39 is 26.5 Å². The number of hydrogen-bond acceptors (Lipinski definition) is 12. The zero-order chi connectivity index (χ0) is 55.2. The van der Waals surface area contributed by atoms with Gasteiger partial charge in [-0.25, -0.2) is 0 Å². The van der Waals surface area contributed by atoms with Gasteiger partial charge in [-0.05, 0) is 159 Å². The van der Waals surface area contributed by atoms with Crippen LogP contribution in [0.5, 0.6) is 28.7 Å². The highest BCUT2D eigenvalue weighted by atomic mass is 35.7. The summed E-state index contributed by atoms with van der Waals surface area (Å²) in [6, 6.07) is 29.5. The highest BCUT2D eigenvalue weighted by molar-refractivity contribution is 8.04. The third kappa shape index (κ3) is 12.9. The maximum atomic E-state index is 13.0. The highest BCUT2D eigenvalue weighted by Gasteiger charge is 2.44. The maximum absolute atomic E-state index is 13.0. The van der Waals surface area contributed by atoms with Crippen molar-refractivity contribution in [1.29, 1.82) is 0 Å². The summed E-state index contributed by atoms with van der Waals surface area (Å²) in [5.41, 5.74) is 10.5. The Balaban J connectivity index is 0.000000205. The van der Waals surface area contributed by atoms with Crippen LogP contribution >= 0.6 is 10.7 Å². The van der Waals surface area contributed by atoms with E-state index in [1.165, 1.54) is 38.1 Å². The molecule has 0 spiro atoms. The number of aromatic hydroxyl groups is 1. The third-order valence-corrected chi connectivity index (χ3v) is 14.2. The van der Waals surface area contributed by atoms with Gasteiger partial charge in [-0.1, -0.05) is 37.4 Å². The Bertz CT molecular complexity index is 3350. The topological polar surface area (TPSA) is 207 Å². The van der Waals surface area contributed by atoms with Gasteiger partial charge in [-0.3, -0.25) is 29.0 Å². The number of anilines is 4. The van der Waals surface area contributed by atoms with E-state index in [2.05, 4.69) is 23.8 Å². The van der Waals surface area contributed by atoms with Crippen LogP contribution in [0.25, 0.3) is 0 Å². The normalized spacial score (nSPS) is 15.2. The van der Waals surface area contributed by atoms with Crippen LogP contribution in [0.1, 0.15) is 70.4 Å². The van der Waals surface area contributed by atoms with Gasteiger partial charge >= 0.3 is 20.4 Å². The average Bonchev–Trinajstić information content (AvgIpc) is 3.36. The van der Waals surface area contributed by atoms with Gasteiger partial charge in [0.15, 0.2) is 0 Å². The number of hydrogen-bond donors (Lipinski definition) is 3. The average molecular weight is 1080 g/mol. The van der Waals surface area contributed by atoms with Crippen LogP contribution in [0.4, 0.5) is 22.7 Å². The summed E-state index contributed by atoms with van der Waals surface area (Å²) in [7, 11) is 2.32. The Morgan fingerprint density at radius 3 is 1.45 bits per heavy atom. The number of nitrogens with one attached hydrogen (secondary N) is 2. The summed E-state index contributed by atoms with van der Waals surface area (Å²) >= 11 is 0. The fraction of sp³-hybridized carbons (Fsp3) is 0.214. The van der Waals surface area contributed by atoms with Crippen LogP contribution in [-0.4, -0.2) is 55.6 Å². The van der Waals surface area contributed by atoms with Crippen molar-refractivity contribution in [1.82, 2.24) is 0 Å². The van der Waals surface area contributed by atoms with Crippen LogP contribution in [0.15, 0.2) is 138 Å². The second-order valence-corrected chi connectivity index (χ2v) is 20.5. The van der Waals surface area contributed by atoms with Crippen molar-refractivity contribution >= 4 is 77.5 Å². The first kappa shape index (κ1) is 56.4. The third-order valence-electron chi connectivity index (χ3n) is 12.4. The number of amides is 4. The van der Waals surface area contributed by atoms with Gasteiger partial charge in [0.1, 0.15) is 33.6 Å². The number of carbonyl (C=O) groups excluding carboxylic acids is 4. The van der Waals surface area contributed by atoms with Crippen molar-refractivity contribution in [3.63, 3.8) is 0 Å². The Hall–Kier alpha value is -7.93. The number of carbonyl (C=O) groups is 4. The Labute approximate surface area is 443 Å². The number of methoxy groups -OCH3 is 2. The van der Waals surface area contributed by atoms with E-state index in [1.54, 1.807) is 79.5 Å². The molecule has 4 amide bonds. The molecule has 3 N–H and O–H groups in total. The molecule has 75 heavy (non-hydrogen) atoms. The van der Waals surface area contributed by atoms with Gasteiger partial charge in [0, 0.05) is 70.6 Å². The van der Waals surface area contributed by atoms with Gasteiger partial charge in [0.25, 0.3) is 11.8 Å². The van der Waals surface area contributed by atoms with Crippen LogP contribution in [0, 0.1) is 41.5 Å². The van der Waals surface area contributed by atoms with Gasteiger partial charge < -0.3 is 33.6 Å². The molecule has 0 saturated carbocycles. The van der Waals surface area contributed by atoms with Gasteiger partial charge in [0.2, 0.25) is 11.8 Å². The van der Waals surface area contributed by atoms with E-state index in [-0.39, 0.29) is 46.1 Å². The predicted molar refractivity (Wildman–Crippen MR) is 292 cm³/mol. The first-order valence-corrected chi connectivity index (χ1v) is 26.4. The molecule has 2 aliphatic rings. The summed E-state index contributed by atoms with van der Waals surface area (Å²) in [5.74, 6) is 1.43. The number of rotatable bonds is 13. The minimum atomic E-state index is -4.15. The van der Waals surface area contributed by atoms with Crippen LogP contribution in [-0.2, 0) is 39.6 Å². The van der Waals surface area contributed by atoms with Crippen LogP contribution in [0.2, 0.25) is 0 Å². The van der Waals surface area contributed by atoms with Gasteiger partial charge in [-0.2, -0.15) is 12.6 Å². The fourth-order valence-electron chi connectivity index (χ4n) is 8.13. The Morgan fingerprint density at radius 1 is 0.613 bits per heavy atom. The number of ether oxygens (including phenoxy) is 2. The lowest BCUT2D eigenvalue weighted by atomic mass is 9.87. The molecule has 2 saturated heterocycles. The number of nitrogens with zero attached hydrogens (tertiary/aromatic N) is 2. The molecular formula is C56H57ClN4O12S2. The lowest BCUT2D eigenvalue weighted by molar-refractivity contribution is -0.119. The minimum Gasteiger partial charge on any atom is -0.508 e. The Morgan fingerprint density at radius 2 is 1.04 bits per heavy atom. The molecule has 1 unspecified atom stereocenters. The molecule has 392 valence electrons. The lowest BCUT2D eigenvalue weighted by Crippen LogP contribution is -2.48. The molecule has 0 aliphatic carbocycles. The summed E-state index contributed by atoms with van der Waals surface area (Å²) < 4.78 is 57.5. The first-order valence-electron chi connectivity index (χ1n) is 23.1. The molecule has 0 radical (unpaired) electrons. The number of phenols is 1. The number of phenolic OH excluding ortho intramolecular Hbond substituents is 1. The van der Waals surface area contributed by atoms with Crippen molar-refractivity contribution in [3.8, 4) is 28.7 Å². The van der Waals surface area contributed by atoms with Gasteiger partial charge in [0.05, 0.1) is 26.3 Å². The number of halogens is 1. The molecule has 0 aromatic heterocycles. The van der Waals surface area contributed by atoms with Crippen molar-refractivity contribution in [2.75, 3.05) is 34.7 Å². The highest BCUT2D eigenvalue weighted by Crippen LogP contribution is 2.46. The van der Waals surface area contributed by atoms with Crippen LogP contribution in [0.3, 0.4) is 0 Å². The monoisotopic (exact) mass is 1080 g/mol. The van der Waals surface area contributed by atoms with E-state index in [4.69, 9.17) is 28.5 Å². The smallest absolute Gasteiger partial charge is 0.339 e. The van der Waals surface area contributed by atoms with Crippen molar-refractivity contribution in [3.05, 3.63) is 178 Å². The molecule has 3 atom stereocenters. The zero-order valence-electron chi connectivity index (χ0n) is 43.0. The van der Waals surface area contributed by atoms with Gasteiger partial charge in [-0.15, -0.1) is 0 Å². The van der Waals surface area contributed by atoms with E-state index in [0.717, 1.165) is 44.8 Å². The van der Waals surface area contributed by atoms with Crippen molar-refractivity contribution < 1.29 is 54.8 Å². The maximum Gasteiger partial charge on any atom is 0.339 e. The molecular weight excluding hydrogens is 1020 g/mol. The molecule has 2 fully saturated rings. The summed E-state index contributed by atoms with van der Waals surface area (Å²) in [6.07, 6.45) is 0. The van der Waals surface area contributed by atoms with Crippen LogP contribution < -0.4 is 38.3 Å². The molecule has 16 nitrogen and oxygen atoms in total. The van der Waals surface area contributed by atoms with E-state index in [1.807, 2.05) is 71.0 Å². The number of benzene rings is 6. The predicted octanol–water partition coefficient (Wildman–Crippen LogP) is 10.8. The van der Waals surface area contributed by atoms with E-state index in [9.17, 15) is 36.9 Å². The quantitative estimate of drug-likeness (QED) is 0.0427. The fourth-order valence-corrected chi connectivity index (χ4v) is 9.59. The zero-order valence-corrected chi connectivity index (χ0v) is 45.4. The van der Waals surface area contributed by atoms with E-state index >= 15 is 0 Å². The summed E-state index contributed by atoms with van der Waals surface area (Å²) in [5, 5.41) is 15.2. The Kier molecular flexibility index (Phi) is 17.7. The first-order chi connectivity index (χ1) is 35.3.